The highest BCUT2D eigenvalue weighted by molar-refractivity contribution is 6.30. The number of imidazole rings is 1. The molecule has 0 aliphatic heterocycles. The first-order valence-electron chi connectivity index (χ1n) is 11.7. The van der Waals surface area contributed by atoms with Crippen LogP contribution < -0.4 is 16.4 Å². The molecule has 2 atom stereocenters. The highest BCUT2D eigenvalue weighted by Gasteiger charge is 2.30. The maximum absolute atomic E-state index is 14.6. The van der Waals surface area contributed by atoms with E-state index in [1.807, 2.05) is 4.57 Å². The molecule has 2 aromatic heterocycles. The molecular weight excluding hydrogens is 480 g/mol. The summed E-state index contributed by atoms with van der Waals surface area (Å²) in [5, 5.41) is 15.8. The summed E-state index contributed by atoms with van der Waals surface area (Å²) in [6.07, 6.45) is 5.79. The van der Waals surface area contributed by atoms with Crippen LogP contribution in [0.2, 0.25) is 5.02 Å². The molecule has 0 saturated heterocycles. The predicted octanol–water partition coefficient (Wildman–Crippen LogP) is 4.04. The fraction of sp³-hybridized carbons (Fsp3) is 0.478. The van der Waals surface area contributed by atoms with Gasteiger partial charge in [-0.2, -0.15) is 4.98 Å². The number of nitrogens with two attached hydrogens (primary N) is 1. The van der Waals surface area contributed by atoms with Crippen LogP contribution in [0.15, 0.2) is 18.3 Å². The number of amides is 1. The van der Waals surface area contributed by atoms with Crippen LogP contribution in [-0.4, -0.2) is 42.7 Å². The van der Waals surface area contributed by atoms with E-state index >= 15 is 0 Å². The Morgan fingerprint density at radius 2 is 1.83 bits per heavy atom. The number of fused-ring (bicyclic) bond motifs is 1. The number of aliphatic hydroxyl groups is 1. The van der Waals surface area contributed by atoms with Gasteiger partial charge in [-0.3, -0.25) is 9.36 Å². The molecule has 2 aliphatic carbocycles. The van der Waals surface area contributed by atoms with E-state index in [2.05, 4.69) is 25.6 Å². The molecule has 0 bridgehead atoms. The number of nitrogens with zero attached hydrogens (tertiary/aromatic N) is 4. The monoisotopic (exact) mass is 505 g/mol. The lowest BCUT2D eigenvalue weighted by Crippen LogP contribution is -2.29. The van der Waals surface area contributed by atoms with Crippen molar-refractivity contribution in [2.75, 3.05) is 10.6 Å². The van der Waals surface area contributed by atoms with Gasteiger partial charge in [-0.15, -0.1) is 0 Å². The van der Waals surface area contributed by atoms with Gasteiger partial charge in [-0.1, -0.05) is 11.6 Å². The maximum Gasteiger partial charge on any atom is 0.224 e. The first kappa shape index (κ1) is 23.7. The first-order chi connectivity index (χ1) is 16.8. The second-order valence-electron chi connectivity index (χ2n) is 9.29. The van der Waals surface area contributed by atoms with Crippen LogP contribution in [0.25, 0.3) is 11.2 Å². The molecule has 186 valence electrons. The van der Waals surface area contributed by atoms with Crippen molar-refractivity contribution in [2.24, 2.45) is 11.7 Å². The molecule has 0 unspecified atom stereocenters. The number of anilines is 3. The number of hydrogen-bond donors (Lipinski definition) is 4. The minimum atomic E-state index is -0.848. The molecule has 2 saturated carbocycles. The summed E-state index contributed by atoms with van der Waals surface area (Å²) in [6, 6.07) is 1.98. The molecule has 5 N–H and O–H groups in total. The normalized spacial score (nSPS) is 24.6. The number of rotatable bonds is 6. The Balaban J connectivity index is 1.52. The van der Waals surface area contributed by atoms with Gasteiger partial charge in [0.1, 0.15) is 11.2 Å². The molecule has 9 nitrogen and oxygen atoms in total. The molecule has 2 heterocycles. The van der Waals surface area contributed by atoms with E-state index in [9.17, 15) is 18.7 Å². The van der Waals surface area contributed by atoms with Gasteiger partial charge in [0.25, 0.3) is 0 Å². The number of benzene rings is 1. The summed E-state index contributed by atoms with van der Waals surface area (Å²) in [5.74, 6) is -1.62. The quantitative estimate of drug-likeness (QED) is 0.397. The molecule has 5 rings (SSSR count). The number of nitrogens with one attached hydrogen (secondary N) is 2. The maximum atomic E-state index is 14.6. The summed E-state index contributed by atoms with van der Waals surface area (Å²) in [4.78, 5) is 25.2. The van der Waals surface area contributed by atoms with Crippen LogP contribution in [-0.2, 0) is 4.79 Å². The highest BCUT2D eigenvalue weighted by atomic mass is 35.5. The third kappa shape index (κ3) is 4.87. The van der Waals surface area contributed by atoms with Gasteiger partial charge >= 0.3 is 0 Å². The molecule has 0 radical (unpaired) electrons. The van der Waals surface area contributed by atoms with Crippen molar-refractivity contribution in [3.05, 3.63) is 35.0 Å². The van der Waals surface area contributed by atoms with Crippen LogP contribution in [0.4, 0.5) is 26.4 Å². The number of halogens is 3. The number of aromatic nitrogens is 4. The molecule has 0 spiro atoms. The van der Waals surface area contributed by atoms with Gasteiger partial charge in [0.2, 0.25) is 17.8 Å². The second kappa shape index (κ2) is 9.54. The van der Waals surface area contributed by atoms with Gasteiger partial charge in [0, 0.05) is 23.0 Å². The van der Waals surface area contributed by atoms with E-state index in [0.29, 0.717) is 55.6 Å². The zero-order valence-corrected chi connectivity index (χ0v) is 19.6. The minimum Gasteiger partial charge on any atom is -0.393 e. The Labute approximate surface area is 205 Å². The van der Waals surface area contributed by atoms with Crippen LogP contribution >= 0.6 is 11.6 Å². The van der Waals surface area contributed by atoms with Crippen molar-refractivity contribution in [2.45, 2.75) is 63.1 Å². The van der Waals surface area contributed by atoms with Crippen molar-refractivity contribution in [3.8, 4) is 0 Å². The van der Waals surface area contributed by atoms with Gasteiger partial charge in [-0.05, 0) is 57.1 Å². The van der Waals surface area contributed by atoms with Crippen molar-refractivity contribution in [1.29, 1.82) is 0 Å². The van der Waals surface area contributed by atoms with Crippen molar-refractivity contribution >= 4 is 46.3 Å². The van der Waals surface area contributed by atoms with Crippen molar-refractivity contribution in [1.82, 2.24) is 19.5 Å². The summed E-state index contributed by atoms with van der Waals surface area (Å²) in [5.41, 5.74) is 6.08. The molecule has 1 amide bonds. The van der Waals surface area contributed by atoms with E-state index in [-0.39, 0.29) is 46.7 Å². The molecular formula is C23H26ClF2N7O2. The van der Waals surface area contributed by atoms with Crippen LogP contribution in [0.5, 0.6) is 0 Å². The van der Waals surface area contributed by atoms with E-state index in [1.54, 1.807) is 6.20 Å². The predicted molar refractivity (Wildman–Crippen MR) is 127 cm³/mol. The fourth-order valence-electron chi connectivity index (χ4n) is 5.06. The van der Waals surface area contributed by atoms with Gasteiger partial charge in [-0.25, -0.2) is 18.7 Å². The van der Waals surface area contributed by atoms with E-state index in [0.717, 1.165) is 18.6 Å². The Bertz CT molecular complexity index is 1240. The number of hydrogen-bond acceptors (Lipinski definition) is 7. The highest BCUT2D eigenvalue weighted by Crippen LogP contribution is 2.38. The van der Waals surface area contributed by atoms with E-state index in [4.69, 9.17) is 17.3 Å². The van der Waals surface area contributed by atoms with Crippen LogP contribution in [0.3, 0.4) is 0 Å². The second-order valence-corrected chi connectivity index (χ2v) is 9.73. The average molecular weight is 506 g/mol. The van der Waals surface area contributed by atoms with Gasteiger partial charge < -0.3 is 21.5 Å². The fourth-order valence-corrected chi connectivity index (χ4v) is 5.25. The minimum absolute atomic E-state index is 0.0533. The lowest BCUT2D eigenvalue weighted by atomic mass is 9.85. The van der Waals surface area contributed by atoms with Crippen molar-refractivity contribution < 1.29 is 18.7 Å². The Morgan fingerprint density at radius 3 is 2.46 bits per heavy atom. The molecule has 35 heavy (non-hydrogen) atoms. The third-order valence-electron chi connectivity index (χ3n) is 6.88. The molecule has 2 fully saturated rings. The SMILES string of the molecule is NC(=O)[C@H]1CC[C@@H](n2c(Nc3c(F)cc(Cl)cc3F)nc3cnc(N[C@@H]4CC[C@@H](O)C4)nc32)CC1. The largest absolute Gasteiger partial charge is 0.393 e. The lowest BCUT2D eigenvalue weighted by molar-refractivity contribution is -0.122. The number of primary amides is 1. The van der Waals surface area contributed by atoms with E-state index < -0.39 is 11.6 Å². The van der Waals surface area contributed by atoms with Gasteiger partial charge in [0.05, 0.1) is 12.3 Å². The van der Waals surface area contributed by atoms with E-state index in [1.165, 1.54) is 0 Å². The van der Waals surface area contributed by atoms with Crippen LogP contribution in [0.1, 0.15) is 51.0 Å². The standard InChI is InChI=1S/C23H26ClF2N7O2/c24-12-7-16(25)19(17(26)8-12)31-23-30-18-10-28-22(29-13-3-6-15(34)9-13)32-21(18)33(23)14-4-1-11(2-5-14)20(27)35/h7-8,10-11,13-15,34H,1-6,9H2,(H2,27,35)(H,30,31)(H,28,29,32)/t11-,13-,14+,15-/m1/s1. The molecule has 2 aliphatic rings. The summed E-state index contributed by atoms with van der Waals surface area (Å²) >= 11 is 5.77. The number of aliphatic hydroxyl groups excluding tert-OH is 1. The Kier molecular flexibility index (Phi) is 6.45. The topological polar surface area (TPSA) is 131 Å². The molecule has 3 aromatic rings. The Hall–Kier alpha value is -3.05. The van der Waals surface area contributed by atoms with Crippen molar-refractivity contribution in [3.63, 3.8) is 0 Å². The van der Waals surface area contributed by atoms with Crippen LogP contribution in [0, 0.1) is 17.6 Å². The summed E-state index contributed by atoms with van der Waals surface area (Å²) < 4.78 is 30.9. The molecule has 12 heteroatoms. The first-order valence-corrected chi connectivity index (χ1v) is 12.1. The molecule has 1 aromatic carbocycles. The lowest BCUT2D eigenvalue weighted by Gasteiger charge is -2.29. The summed E-state index contributed by atoms with van der Waals surface area (Å²) in [6.45, 7) is 0. The Morgan fingerprint density at radius 1 is 1.11 bits per heavy atom. The number of carbonyl (C=O) groups excluding carboxylic acids is 1. The zero-order chi connectivity index (χ0) is 24.7. The average Bonchev–Trinajstić information content (AvgIpc) is 3.38. The third-order valence-corrected chi connectivity index (χ3v) is 7.10. The number of carbonyl (C=O) groups is 1. The van der Waals surface area contributed by atoms with Gasteiger partial charge in [0.15, 0.2) is 17.3 Å². The zero-order valence-electron chi connectivity index (χ0n) is 18.8. The smallest absolute Gasteiger partial charge is 0.224 e. The summed E-state index contributed by atoms with van der Waals surface area (Å²) in [7, 11) is 0.